The third-order valence-corrected chi connectivity index (χ3v) is 3.96. The molecule has 0 aliphatic carbocycles. The molecule has 6 heteroatoms. The summed E-state index contributed by atoms with van der Waals surface area (Å²) >= 11 is 0. The maximum Gasteiger partial charge on any atom is 0.257 e. The average Bonchev–Trinajstić information content (AvgIpc) is 2.79. The van der Waals surface area contributed by atoms with Gasteiger partial charge in [0.25, 0.3) is 5.91 Å². The predicted octanol–water partition coefficient (Wildman–Crippen LogP) is 1.60. The smallest absolute Gasteiger partial charge is 0.257 e. The van der Waals surface area contributed by atoms with Crippen LogP contribution in [-0.2, 0) is 13.5 Å². The Morgan fingerprint density at radius 2 is 2.30 bits per heavy atom. The minimum Gasteiger partial charge on any atom is -0.338 e. The van der Waals surface area contributed by atoms with Crippen LogP contribution in [0, 0.1) is 5.92 Å². The minimum atomic E-state index is 0. The summed E-state index contributed by atoms with van der Waals surface area (Å²) in [5, 5.41) is 4.34. The summed E-state index contributed by atoms with van der Waals surface area (Å²) in [6.45, 7) is 5.66. The SMILES string of the molecule is CCc1nn(C)cc1C(=O)N1CCCC(C(C)N)C1.Cl. The molecule has 2 heterocycles. The highest BCUT2D eigenvalue weighted by Crippen LogP contribution is 2.21. The van der Waals surface area contributed by atoms with Gasteiger partial charge in [0.15, 0.2) is 0 Å². The monoisotopic (exact) mass is 300 g/mol. The van der Waals surface area contributed by atoms with Gasteiger partial charge in [0.2, 0.25) is 0 Å². The first-order valence-electron chi connectivity index (χ1n) is 7.10. The number of likely N-dealkylation sites (tertiary alicyclic amines) is 1. The minimum absolute atomic E-state index is 0. The van der Waals surface area contributed by atoms with E-state index in [0.717, 1.165) is 43.6 Å². The molecule has 0 spiro atoms. The van der Waals surface area contributed by atoms with Crippen molar-refractivity contribution >= 4 is 18.3 Å². The highest BCUT2D eigenvalue weighted by atomic mass is 35.5. The number of aromatic nitrogens is 2. The van der Waals surface area contributed by atoms with Crippen LogP contribution >= 0.6 is 12.4 Å². The van der Waals surface area contributed by atoms with Gasteiger partial charge in [-0.2, -0.15) is 5.10 Å². The second-order valence-corrected chi connectivity index (χ2v) is 5.53. The Balaban J connectivity index is 0.00000200. The molecule has 1 aromatic heterocycles. The van der Waals surface area contributed by atoms with Gasteiger partial charge in [-0.05, 0) is 32.1 Å². The Labute approximate surface area is 126 Å². The maximum atomic E-state index is 12.6. The van der Waals surface area contributed by atoms with Crippen LogP contribution in [0.2, 0.25) is 0 Å². The van der Waals surface area contributed by atoms with Crippen LogP contribution in [0.3, 0.4) is 0 Å². The van der Waals surface area contributed by atoms with E-state index >= 15 is 0 Å². The molecule has 5 nitrogen and oxygen atoms in total. The van der Waals surface area contributed by atoms with Crippen LogP contribution in [0.25, 0.3) is 0 Å². The van der Waals surface area contributed by atoms with Gasteiger partial charge in [-0.1, -0.05) is 6.92 Å². The molecule has 2 unspecified atom stereocenters. The first kappa shape index (κ1) is 17.0. The summed E-state index contributed by atoms with van der Waals surface area (Å²) in [4.78, 5) is 14.5. The van der Waals surface area contributed by atoms with E-state index in [1.54, 1.807) is 4.68 Å². The number of rotatable bonds is 3. The molecule has 1 aromatic rings. The molecule has 1 aliphatic heterocycles. The number of nitrogens with two attached hydrogens (primary N) is 1. The lowest BCUT2D eigenvalue weighted by Crippen LogP contribution is -2.45. The number of amides is 1. The zero-order chi connectivity index (χ0) is 14.0. The van der Waals surface area contributed by atoms with Crippen molar-refractivity contribution < 1.29 is 4.79 Å². The van der Waals surface area contributed by atoms with Crippen molar-refractivity contribution in [1.29, 1.82) is 0 Å². The fourth-order valence-corrected chi connectivity index (χ4v) is 2.77. The average molecular weight is 301 g/mol. The Bertz CT molecular complexity index is 458. The van der Waals surface area contributed by atoms with Gasteiger partial charge in [-0.25, -0.2) is 0 Å². The highest BCUT2D eigenvalue weighted by molar-refractivity contribution is 5.95. The van der Waals surface area contributed by atoms with Crippen molar-refractivity contribution in [2.75, 3.05) is 13.1 Å². The first-order valence-corrected chi connectivity index (χ1v) is 7.10. The molecular weight excluding hydrogens is 276 g/mol. The molecule has 1 saturated heterocycles. The third kappa shape index (κ3) is 3.52. The van der Waals surface area contributed by atoms with Crippen molar-refractivity contribution in [2.24, 2.45) is 18.7 Å². The summed E-state index contributed by atoms with van der Waals surface area (Å²) in [6, 6.07) is 0.148. The Kier molecular flexibility index (Phi) is 6.02. The van der Waals surface area contributed by atoms with E-state index in [1.165, 1.54) is 0 Å². The predicted molar refractivity (Wildman–Crippen MR) is 82.1 cm³/mol. The van der Waals surface area contributed by atoms with E-state index in [9.17, 15) is 4.79 Å². The number of aryl methyl sites for hydroxylation is 2. The zero-order valence-electron chi connectivity index (χ0n) is 12.5. The van der Waals surface area contributed by atoms with Gasteiger partial charge in [0.1, 0.15) is 0 Å². The van der Waals surface area contributed by atoms with E-state index in [-0.39, 0.29) is 24.4 Å². The molecule has 114 valence electrons. The lowest BCUT2D eigenvalue weighted by atomic mass is 9.92. The molecule has 1 amide bonds. The van der Waals surface area contributed by atoms with Gasteiger partial charge >= 0.3 is 0 Å². The number of hydrogen-bond acceptors (Lipinski definition) is 3. The Morgan fingerprint density at radius 1 is 1.60 bits per heavy atom. The van der Waals surface area contributed by atoms with E-state index < -0.39 is 0 Å². The number of nitrogens with zero attached hydrogens (tertiary/aromatic N) is 3. The van der Waals surface area contributed by atoms with Gasteiger partial charge < -0.3 is 10.6 Å². The van der Waals surface area contributed by atoms with Gasteiger partial charge in [0, 0.05) is 32.4 Å². The molecule has 0 saturated carbocycles. The number of hydrogen-bond donors (Lipinski definition) is 1. The van der Waals surface area contributed by atoms with Gasteiger partial charge in [-0.15, -0.1) is 12.4 Å². The largest absolute Gasteiger partial charge is 0.338 e. The molecule has 2 N–H and O–H groups in total. The molecule has 2 rings (SSSR count). The van der Waals surface area contributed by atoms with Gasteiger partial charge in [-0.3, -0.25) is 9.48 Å². The Morgan fingerprint density at radius 3 is 2.90 bits per heavy atom. The van der Waals surface area contributed by atoms with Crippen LogP contribution in [0.15, 0.2) is 6.20 Å². The number of halogens is 1. The molecule has 0 bridgehead atoms. The number of piperidine rings is 1. The maximum absolute atomic E-state index is 12.6. The second-order valence-electron chi connectivity index (χ2n) is 5.53. The zero-order valence-corrected chi connectivity index (χ0v) is 13.3. The topological polar surface area (TPSA) is 64.2 Å². The highest BCUT2D eigenvalue weighted by Gasteiger charge is 2.28. The lowest BCUT2D eigenvalue weighted by molar-refractivity contribution is 0.0660. The van der Waals surface area contributed by atoms with Crippen LogP contribution in [0.4, 0.5) is 0 Å². The quantitative estimate of drug-likeness (QED) is 0.922. The summed E-state index contributed by atoms with van der Waals surface area (Å²) in [5.41, 5.74) is 7.60. The fraction of sp³-hybridized carbons (Fsp3) is 0.714. The van der Waals surface area contributed by atoms with Crippen molar-refractivity contribution in [3.63, 3.8) is 0 Å². The normalized spacial score (nSPS) is 20.4. The molecule has 1 fully saturated rings. The van der Waals surface area contributed by atoms with E-state index in [0.29, 0.717) is 5.92 Å². The standard InChI is InChI=1S/C14H24N4O.ClH/c1-4-13-12(9-17(3)16-13)14(19)18-7-5-6-11(8-18)10(2)15;/h9-11H,4-8,15H2,1-3H3;1H. The number of carbonyl (C=O) groups is 1. The summed E-state index contributed by atoms with van der Waals surface area (Å²) in [6.07, 6.45) is 4.78. The molecular formula is C14H25ClN4O. The summed E-state index contributed by atoms with van der Waals surface area (Å²) in [5.74, 6) is 0.523. The summed E-state index contributed by atoms with van der Waals surface area (Å²) < 4.78 is 1.72. The second kappa shape index (κ2) is 7.09. The molecule has 2 atom stereocenters. The van der Waals surface area contributed by atoms with Gasteiger partial charge in [0.05, 0.1) is 11.3 Å². The van der Waals surface area contributed by atoms with Crippen LogP contribution in [0.1, 0.15) is 42.7 Å². The van der Waals surface area contributed by atoms with Crippen LogP contribution < -0.4 is 5.73 Å². The van der Waals surface area contributed by atoms with Crippen LogP contribution in [0.5, 0.6) is 0 Å². The van der Waals surface area contributed by atoms with E-state index in [2.05, 4.69) is 5.10 Å². The third-order valence-electron chi connectivity index (χ3n) is 3.96. The van der Waals surface area contributed by atoms with Crippen LogP contribution in [-0.4, -0.2) is 39.7 Å². The Hall–Kier alpha value is -1.07. The van der Waals surface area contributed by atoms with E-state index in [1.807, 2.05) is 32.0 Å². The fourth-order valence-electron chi connectivity index (χ4n) is 2.77. The molecule has 20 heavy (non-hydrogen) atoms. The summed E-state index contributed by atoms with van der Waals surface area (Å²) in [7, 11) is 1.86. The van der Waals surface area contributed by atoms with Crippen molar-refractivity contribution in [1.82, 2.24) is 14.7 Å². The molecule has 0 aromatic carbocycles. The first-order chi connectivity index (χ1) is 9.02. The van der Waals surface area contributed by atoms with Crippen molar-refractivity contribution in [3.05, 3.63) is 17.5 Å². The lowest BCUT2D eigenvalue weighted by Gasteiger charge is -2.34. The van der Waals surface area contributed by atoms with E-state index in [4.69, 9.17) is 5.73 Å². The number of carbonyl (C=O) groups excluding carboxylic acids is 1. The van der Waals surface area contributed by atoms with Crippen molar-refractivity contribution in [3.8, 4) is 0 Å². The van der Waals surface area contributed by atoms with Crippen molar-refractivity contribution in [2.45, 2.75) is 39.2 Å². The molecule has 0 radical (unpaired) electrons. The molecule has 1 aliphatic rings.